The number of aliphatic hydroxyl groups is 1. The normalized spacial score (nSPS) is 21.1. The van der Waals surface area contributed by atoms with Gasteiger partial charge in [0.25, 0.3) is 0 Å². The van der Waals surface area contributed by atoms with Crippen LogP contribution in [-0.2, 0) is 27.8 Å². The van der Waals surface area contributed by atoms with E-state index in [1.54, 1.807) is 31.7 Å². The van der Waals surface area contributed by atoms with E-state index in [0.717, 1.165) is 23.3 Å². The number of aliphatic hydroxyl groups excluding tert-OH is 1. The van der Waals surface area contributed by atoms with E-state index >= 15 is 0 Å². The van der Waals surface area contributed by atoms with Crippen molar-refractivity contribution in [2.24, 2.45) is 5.92 Å². The molecule has 1 fully saturated rings. The number of halogens is 3. The van der Waals surface area contributed by atoms with E-state index in [4.69, 9.17) is 9.47 Å². The third-order valence-electron chi connectivity index (χ3n) is 7.75. The maximum Gasteiger partial charge on any atom is 0.416 e. The molecular formula is C32H36F3NO4. The lowest BCUT2D eigenvalue weighted by atomic mass is 9.76. The molecule has 3 aromatic carbocycles. The molecule has 1 heterocycles. The van der Waals surface area contributed by atoms with E-state index in [2.05, 4.69) is 0 Å². The molecule has 8 heteroatoms. The summed E-state index contributed by atoms with van der Waals surface area (Å²) < 4.78 is 52.5. The lowest BCUT2D eigenvalue weighted by Crippen LogP contribution is -2.58. The highest BCUT2D eigenvalue weighted by atomic mass is 19.4. The maximum atomic E-state index is 13.7. The summed E-state index contributed by atoms with van der Waals surface area (Å²) in [6, 6.07) is 22.8. The molecule has 1 aliphatic heterocycles. The molecule has 1 saturated heterocycles. The van der Waals surface area contributed by atoms with Gasteiger partial charge in [-0.2, -0.15) is 13.2 Å². The number of carbonyl (C=O) groups is 1. The van der Waals surface area contributed by atoms with Gasteiger partial charge in [-0.05, 0) is 62.4 Å². The number of rotatable bonds is 8. The number of piperidine rings is 1. The zero-order chi connectivity index (χ0) is 28.9. The number of carbonyl (C=O) groups excluding carboxylic acids is 1. The van der Waals surface area contributed by atoms with Crippen molar-refractivity contribution in [2.45, 2.75) is 64.1 Å². The van der Waals surface area contributed by atoms with Crippen LogP contribution in [0.15, 0.2) is 78.9 Å². The molecule has 0 bridgehead atoms. The summed E-state index contributed by atoms with van der Waals surface area (Å²) >= 11 is 0. The van der Waals surface area contributed by atoms with Gasteiger partial charge >= 0.3 is 12.3 Å². The summed E-state index contributed by atoms with van der Waals surface area (Å²) in [5.41, 5.74) is 0.913. The molecule has 5 nitrogen and oxygen atoms in total. The lowest BCUT2D eigenvalue weighted by Gasteiger charge is -2.49. The Labute approximate surface area is 233 Å². The van der Waals surface area contributed by atoms with Gasteiger partial charge in [0, 0.05) is 12.5 Å². The smallest absolute Gasteiger partial charge is 0.416 e. The zero-order valence-corrected chi connectivity index (χ0v) is 23.0. The topological polar surface area (TPSA) is 59.0 Å². The van der Waals surface area contributed by atoms with E-state index < -0.39 is 35.6 Å². The summed E-state index contributed by atoms with van der Waals surface area (Å²) in [6.07, 6.45) is -5.19. The molecule has 0 radical (unpaired) electrons. The van der Waals surface area contributed by atoms with E-state index in [9.17, 15) is 23.1 Å². The van der Waals surface area contributed by atoms with E-state index in [0.29, 0.717) is 24.0 Å². The largest absolute Gasteiger partial charge is 0.445 e. The molecule has 3 aromatic rings. The van der Waals surface area contributed by atoms with Crippen LogP contribution in [0.2, 0.25) is 0 Å². The lowest BCUT2D eigenvalue weighted by molar-refractivity contribution is -0.137. The summed E-state index contributed by atoms with van der Waals surface area (Å²) in [5.74, 6) is -0.162. The molecule has 0 saturated carbocycles. The van der Waals surface area contributed by atoms with E-state index in [1.807, 2.05) is 60.7 Å². The van der Waals surface area contributed by atoms with E-state index in [-0.39, 0.29) is 25.7 Å². The van der Waals surface area contributed by atoms with Gasteiger partial charge in [-0.15, -0.1) is 0 Å². The van der Waals surface area contributed by atoms with Crippen molar-refractivity contribution < 1.29 is 32.5 Å². The highest BCUT2D eigenvalue weighted by molar-refractivity contribution is 5.69. The number of nitrogens with zero attached hydrogens (tertiary/aromatic N) is 1. The van der Waals surface area contributed by atoms with Crippen LogP contribution in [-0.4, -0.2) is 35.4 Å². The SMILES string of the molecule is Cc1cc(C(C)OC[C@@]2(c3ccccc3)CCC(C(C)O)CN2C(=O)OCc2ccccc2)cc(C(F)(F)F)c1. The minimum atomic E-state index is -4.47. The van der Waals surface area contributed by atoms with Crippen molar-refractivity contribution in [3.63, 3.8) is 0 Å². The fourth-order valence-electron chi connectivity index (χ4n) is 5.35. The van der Waals surface area contributed by atoms with Gasteiger partial charge in [0.05, 0.1) is 29.9 Å². The Bertz CT molecular complexity index is 1270. The van der Waals surface area contributed by atoms with Crippen molar-refractivity contribution >= 4 is 6.09 Å². The molecule has 3 unspecified atom stereocenters. The molecule has 0 aromatic heterocycles. The van der Waals surface area contributed by atoms with Gasteiger partial charge in [-0.25, -0.2) is 4.79 Å². The van der Waals surface area contributed by atoms with Gasteiger partial charge < -0.3 is 14.6 Å². The van der Waals surface area contributed by atoms with Crippen LogP contribution in [0.25, 0.3) is 0 Å². The summed E-state index contributed by atoms with van der Waals surface area (Å²) in [4.78, 5) is 15.3. The van der Waals surface area contributed by atoms with Gasteiger partial charge in [0.1, 0.15) is 6.61 Å². The van der Waals surface area contributed by atoms with Crippen molar-refractivity contribution in [1.29, 1.82) is 0 Å². The van der Waals surface area contributed by atoms with Crippen LogP contribution < -0.4 is 0 Å². The first kappa shape index (κ1) is 29.6. The van der Waals surface area contributed by atoms with Crippen molar-refractivity contribution in [3.8, 4) is 0 Å². The van der Waals surface area contributed by atoms with Crippen molar-refractivity contribution in [1.82, 2.24) is 4.90 Å². The average molecular weight is 556 g/mol. The van der Waals surface area contributed by atoms with Crippen molar-refractivity contribution in [3.05, 3.63) is 107 Å². The van der Waals surface area contributed by atoms with E-state index in [1.165, 1.54) is 0 Å². The maximum absolute atomic E-state index is 13.7. The quantitative estimate of drug-likeness (QED) is 0.314. The monoisotopic (exact) mass is 555 g/mol. The molecule has 4 atom stereocenters. The highest BCUT2D eigenvalue weighted by Gasteiger charge is 2.48. The predicted octanol–water partition coefficient (Wildman–Crippen LogP) is 7.42. The minimum absolute atomic E-state index is 0.0421. The van der Waals surface area contributed by atoms with Gasteiger partial charge in [0.2, 0.25) is 0 Å². The molecule has 1 N–H and O–H groups in total. The third-order valence-corrected chi connectivity index (χ3v) is 7.75. The van der Waals surface area contributed by atoms with Crippen LogP contribution in [0.4, 0.5) is 18.0 Å². The fraction of sp³-hybridized carbons (Fsp3) is 0.406. The van der Waals surface area contributed by atoms with Crippen LogP contribution in [0.1, 0.15) is 60.6 Å². The highest BCUT2D eigenvalue weighted by Crippen LogP contribution is 2.42. The zero-order valence-electron chi connectivity index (χ0n) is 23.0. The number of alkyl halides is 3. The predicted molar refractivity (Wildman–Crippen MR) is 146 cm³/mol. The van der Waals surface area contributed by atoms with Crippen LogP contribution in [0.5, 0.6) is 0 Å². The third kappa shape index (κ3) is 6.85. The molecule has 1 amide bonds. The number of benzene rings is 3. The second-order valence-electron chi connectivity index (χ2n) is 10.7. The molecular weight excluding hydrogens is 519 g/mol. The molecule has 1 aliphatic rings. The molecule has 0 spiro atoms. The van der Waals surface area contributed by atoms with Crippen molar-refractivity contribution in [2.75, 3.05) is 13.2 Å². The minimum Gasteiger partial charge on any atom is -0.445 e. The number of hydrogen-bond acceptors (Lipinski definition) is 4. The van der Waals surface area contributed by atoms with Crippen LogP contribution >= 0.6 is 0 Å². The average Bonchev–Trinajstić information content (AvgIpc) is 2.94. The number of aryl methyl sites for hydroxylation is 1. The Morgan fingerprint density at radius 3 is 2.33 bits per heavy atom. The first-order valence-electron chi connectivity index (χ1n) is 13.5. The molecule has 40 heavy (non-hydrogen) atoms. The summed E-state index contributed by atoms with van der Waals surface area (Å²) in [6.45, 7) is 5.43. The number of hydrogen-bond donors (Lipinski definition) is 1. The summed E-state index contributed by atoms with van der Waals surface area (Å²) in [7, 11) is 0. The second-order valence-corrected chi connectivity index (χ2v) is 10.7. The Morgan fingerprint density at radius 2 is 1.70 bits per heavy atom. The number of amides is 1. The molecule has 214 valence electrons. The number of ether oxygens (including phenoxy) is 2. The Kier molecular flexibility index (Phi) is 9.21. The fourth-order valence-corrected chi connectivity index (χ4v) is 5.35. The first-order valence-corrected chi connectivity index (χ1v) is 13.5. The van der Waals surface area contributed by atoms with Gasteiger partial charge in [-0.3, -0.25) is 4.90 Å². The Hall–Kier alpha value is -3.36. The summed E-state index contributed by atoms with van der Waals surface area (Å²) in [5, 5.41) is 10.4. The standard InChI is InChI=1S/C32H36F3NO4/c1-22-16-27(18-29(17-22)32(33,34)35)24(3)40-21-31(28-12-8-5-9-13-28)15-14-26(23(2)37)19-36(31)30(38)39-20-25-10-6-4-7-11-25/h4-13,16-18,23-24,26,37H,14-15,19-21H2,1-3H3/t23?,24?,26?,31-/m1/s1. The van der Waals surface area contributed by atoms with Gasteiger partial charge in [-0.1, -0.05) is 72.3 Å². The Morgan fingerprint density at radius 1 is 1.05 bits per heavy atom. The second kappa shape index (κ2) is 12.4. The van der Waals surface area contributed by atoms with Gasteiger partial charge in [0.15, 0.2) is 0 Å². The van der Waals surface area contributed by atoms with Crippen LogP contribution in [0, 0.1) is 12.8 Å². The van der Waals surface area contributed by atoms with Crippen LogP contribution in [0.3, 0.4) is 0 Å². The molecule has 0 aliphatic carbocycles. The number of likely N-dealkylation sites (tertiary alicyclic amines) is 1. The molecule has 4 rings (SSSR count). The first-order chi connectivity index (χ1) is 19.0. The Balaban J connectivity index is 1.65.